The van der Waals surface area contributed by atoms with Crippen LogP contribution in [0.15, 0.2) is 12.3 Å². The maximum absolute atomic E-state index is 4.79. The minimum atomic E-state index is 0.546. The van der Waals surface area contributed by atoms with Crippen molar-refractivity contribution in [2.24, 2.45) is 5.92 Å². The molecule has 1 rings (SSSR count). The van der Waals surface area contributed by atoms with E-state index in [4.69, 9.17) is 5.10 Å². The second-order valence-corrected chi connectivity index (χ2v) is 5.89. The molecule has 1 aromatic heterocycles. The number of hydrogen-bond acceptors (Lipinski definition) is 2. The highest BCUT2D eigenvalue weighted by atomic mass is 15.3. The summed E-state index contributed by atoms with van der Waals surface area (Å²) in [6.07, 6.45) is 8.04. The van der Waals surface area contributed by atoms with E-state index in [1.807, 2.05) is 0 Å². The predicted molar refractivity (Wildman–Crippen MR) is 87.1 cm³/mol. The quantitative estimate of drug-likeness (QED) is 0.695. The summed E-state index contributed by atoms with van der Waals surface area (Å²) in [7, 11) is 0. The molecule has 1 N–H and O–H groups in total. The molecule has 0 radical (unpaired) electrons. The van der Waals surface area contributed by atoms with Crippen LogP contribution >= 0.6 is 0 Å². The Morgan fingerprint density at radius 3 is 2.45 bits per heavy atom. The number of nitrogens with zero attached hydrogens (tertiary/aromatic N) is 2. The third kappa shape index (κ3) is 4.93. The molecule has 0 bridgehead atoms. The van der Waals surface area contributed by atoms with Crippen LogP contribution in [0.25, 0.3) is 0 Å². The Morgan fingerprint density at radius 1 is 1.20 bits per heavy atom. The molecular formula is C17H33N3. The van der Waals surface area contributed by atoms with E-state index in [0.717, 1.165) is 25.8 Å². The van der Waals surface area contributed by atoms with E-state index in [0.29, 0.717) is 18.0 Å². The molecule has 20 heavy (non-hydrogen) atoms. The Balaban J connectivity index is 2.68. The molecule has 0 fully saturated rings. The number of hydrogen-bond donors (Lipinski definition) is 1. The highest BCUT2D eigenvalue weighted by Crippen LogP contribution is 2.18. The maximum atomic E-state index is 4.79. The van der Waals surface area contributed by atoms with Crippen LogP contribution in [0.1, 0.15) is 72.0 Å². The summed E-state index contributed by atoms with van der Waals surface area (Å²) in [5.41, 5.74) is 1.23. The van der Waals surface area contributed by atoms with Gasteiger partial charge in [-0.1, -0.05) is 41.0 Å². The standard InChI is InChI=1S/C17H33N3/c1-6-10-14(5)17(18-9-4)13-15-11-12-20(19-15)16(7-2)8-3/h11-12,14,16-18H,6-10,13H2,1-5H3. The van der Waals surface area contributed by atoms with Crippen LogP contribution in [0, 0.1) is 5.92 Å². The first kappa shape index (κ1) is 17.2. The van der Waals surface area contributed by atoms with E-state index in [-0.39, 0.29) is 0 Å². The molecule has 0 saturated heterocycles. The van der Waals surface area contributed by atoms with Crippen LogP contribution in [0.4, 0.5) is 0 Å². The molecule has 0 saturated carbocycles. The highest BCUT2D eigenvalue weighted by molar-refractivity contribution is 5.03. The molecular weight excluding hydrogens is 246 g/mol. The van der Waals surface area contributed by atoms with Crippen molar-refractivity contribution in [2.45, 2.75) is 78.8 Å². The van der Waals surface area contributed by atoms with Gasteiger partial charge in [-0.05, 0) is 37.8 Å². The zero-order valence-electron chi connectivity index (χ0n) is 14.0. The van der Waals surface area contributed by atoms with Crippen LogP contribution in [0.5, 0.6) is 0 Å². The highest BCUT2D eigenvalue weighted by Gasteiger charge is 2.18. The van der Waals surface area contributed by atoms with Crippen molar-refractivity contribution in [3.8, 4) is 0 Å². The molecule has 2 unspecified atom stereocenters. The summed E-state index contributed by atoms with van der Waals surface area (Å²) >= 11 is 0. The van der Waals surface area contributed by atoms with Crippen molar-refractivity contribution in [3.63, 3.8) is 0 Å². The van der Waals surface area contributed by atoms with Gasteiger partial charge < -0.3 is 5.32 Å². The normalized spacial score (nSPS) is 14.7. The lowest BCUT2D eigenvalue weighted by Gasteiger charge is -2.24. The van der Waals surface area contributed by atoms with E-state index in [1.165, 1.54) is 18.5 Å². The van der Waals surface area contributed by atoms with Gasteiger partial charge in [0.1, 0.15) is 0 Å². The van der Waals surface area contributed by atoms with Crippen molar-refractivity contribution >= 4 is 0 Å². The molecule has 0 aliphatic heterocycles. The van der Waals surface area contributed by atoms with Crippen LogP contribution < -0.4 is 5.32 Å². The predicted octanol–water partition coefficient (Wildman–Crippen LogP) is 4.20. The van der Waals surface area contributed by atoms with Gasteiger partial charge in [0.05, 0.1) is 11.7 Å². The van der Waals surface area contributed by atoms with Crippen molar-refractivity contribution in [3.05, 3.63) is 18.0 Å². The molecule has 0 amide bonds. The lowest BCUT2D eigenvalue weighted by molar-refractivity contribution is 0.352. The molecule has 2 atom stereocenters. The maximum Gasteiger partial charge on any atom is 0.0640 e. The molecule has 1 aromatic rings. The molecule has 3 heteroatoms. The summed E-state index contributed by atoms with van der Waals surface area (Å²) in [4.78, 5) is 0. The molecule has 3 nitrogen and oxygen atoms in total. The van der Waals surface area contributed by atoms with Gasteiger partial charge in [0, 0.05) is 18.7 Å². The number of likely N-dealkylation sites (N-methyl/N-ethyl adjacent to an activating group) is 1. The molecule has 0 spiro atoms. The first-order chi connectivity index (χ1) is 9.65. The Labute approximate surface area is 125 Å². The fourth-order valence-electron chi connectivity index (χ4n) is 2.97. The minimum Gasteiger partial charge on any atom is -0.314 e. The Hall–Kier alpha value is -0.830. The van der Waals surface area contributed by atoms with Crippen LogP contribution in [0.2, 0.25) is 0 Å². The van der Waals surface area contributed by atoms with Crippen molar-refractivity contribution in [2.75, 3.05) is 6.54 Å². The van der Waals surface area contributed by atoms with E-state index >= 15 is 0 Å². The third-order valence-corrected chi connectivity index (χ3v) is 4.31. The van der Waals surface area contributed by atoms with Crippen LogP contribution in [0.3, 0.4) is 0 Å². The monoisotopic (exact) mass is 279 g/mol. The summed E-state index contributed by atoms with van der Waals surface area (Å²) in [6.45, 7) is 12.3. The number of aromatic nitrogens is 2. The first-order valence-electron chi connectivity index (χ1n) is 8.43. The van der Waals surface area contributed by atoms with Crippen LogP contribution in [-0.2, 0) is 6.42 Å². The summed E-state index contributed by atoms with van der Waals surface area (Å²) in [5.74, 6) is 0.707. The molecule has 1 heterocycles. The van der Waals surface area contributed by atoms with Gasteiger partial charge in [-0.3, -0.25) is 4.68 Å². The van der Waals surface area contributed by atoms with Gasteiger partial charge in [0.2, 0.25) is 0 Å². The van der Waals surface area contributed by atoms with Crippen molar-refractivity contribution in [1.82, 2.24) is 15.1 Å². The lowest BCUT2D eigenvalue weighted by atomic mass is 9.93. The van der Waals surface area contributed by atoms with E-state index < -0.39 is 0 Å². The Bertz CT molecular complexity index is 355. The summed E-state index contributed by atoms with van der Waals surface area (Å²) in [5, 5.41) is 8.43. The largest absolute Gasteiger partial charge is 0.314 e. The molecule has 0 aliphatic carbocycles. The second kappa shape index (κ2) is 9.17. The Kier molecular flexibility index (Phi) is 7.90. The topological polar surface area (TPSA) is 29.9 Å². The fraction of sp³-hybridized carbons (Fsp3) is 0.824. The van der Waals surface area contributed by atoms with E-state index in [1.54, 1.807) is 0 Å². The van der Waals surface area contributed by atoms with Gasteiger partial charge in [0.15, 0.2) is 0 Å². The average Bonchev–Trinajstić information content (AvgIpc) is 2.88. The number of rotatable bonds is 10. The molecule has 0 aliphatic rings. The lowest BCUT2D eigenvalue weighted by Crippen LogP contribution is -2.37. The molecule has 116 valence electrons. The third-order valence-electron chi connectivity index (χ3n) is 4.31. The molecule has 0 aromatic carbocycles. The smallest absolute Gasteiger partial charge is 0.0640 e. The first-order valence-corrected chi connectivity index (χ1v) is 8.43. The Morgan fingerprint density at radius 2 is 1.90 bits per heavy atom. The minimum absolute atomic E-state index is 0.546. The summed E-state index contributed by atoms with van der Waals surface area (Å²) < 4.78 is 2.16. The second-order valence-electron chi connectivity index (χ2n) is 5.89. The van der Waals surface area contributed by atoms with Crippen molar-refractivity contribution in [1.29, 1.82) is 0 Å². The van der Waals surface area contributed by atoms with Gasteiger partial charge >= 0.3 is 0 Å². The van der Waals surface area contributed by atoms with Gasteiger partial charge in [-0.2, -0.15) is 5.10 Å². The average molecular weight is 279 g/mol. The van der Waals surface area contributed by atoms with E-state index in [9.17, 15) is 0 Å². The fourth-order valence-corrected chi connectivity index (χ4v) is 2.97. The summed E-state index contributed by atoms with van der Waals surface area (Å²) in [6, 6.07) is 3.29. The van der Waals surface area contributed by atoms with Gasteiger partial charge in [-0.15, -0.1) is 0 Å². The van der Waals surface area contributed by atoms with Gasteiger partial charge in [-0.25, -0.2) is 0 Å². The van der Waals surface area contributed by atoms with Crippen LogP contribution in [-0.4, -0.2) is 22.4 Å². The van der Waals surface area contributed by atoms with E-state index in [2.05, 4.69) is 56.9 Å². The SMILES string of the molecule is CCCC(C)C(Cc1ccn(C(CC)CC)n1)NCC. The van der Waals surface area contributed by atoms with Crippen molar-refractivity contribution < 1.29 is 0 Å². The zero-order valence-corrected chi connectivity index (χ0v) is 14.0. The van der Waals surface area contributed by atoms with Gasteiger partial charge in [0.25, 0.3) is 0 Å². The zero-order chi connectivity index (χ0) is 15.0. The number of nitrogens with one attached hydrogen (secondary N) is 1.